The molecule has 0 unspecified atom stereocenters. The van der Waals surface area contributed by atoms with Gasteiger partial charge in [0.15, 0.2) is 0 Å². The van der Waals surface area contributed by atoms with Gasteiger partial charge >= 0.3 is 0 Å². The molecule has 2 heterocycles. The summed E-state index contributed by atoms with van der Waals surface area (Å²) in [5.41, 5.74) is 8.84. The summed E-state index contributed by atoms with van der Waals surface area (Å²) in [6, 6.07) is 13.3. The van der Waals surface area contributed by atoms with E-state index < -0.39 is 0 Å². The highest BCUT2D eigenvalue weighted by molar-refractivity contribution is 5.98. The van der Waals surface area contributed by atoms with Crippen LogP contribution in [0.1, 0.15) is 52.4 Å². The predicted molar refractivity (Wildman–Crippen MR) is 207 cm³/mol. The molecule has 6 nitrogen and oxygen atoms in total. The van der Waals surface area contributed by atoms with E-state index in [0.29, 0.717) is 5.92 Å². The Morgan fingerprint density at radius 2 is 1.88 bits per heavy atom. The van der Waals surface area contributed by atoms with Crippen LogP contribution in [0.5, 0.6) is 0 Å². The van der Waals surface area contributed by atoms with Crippen LogP contribution in [0.15, 0.2) is 103 Å². The van der Waals surface area contributed by atoms with E-state index in [1.807, 2.05) is 64.4 Å². The molecule has 1 aliphatic rings. The molecule has 0 amide bonds. The number of hydrogen-bond acceptors (Lipinski definition) is 4. The topological polar surface area (TPSA) is 71.8 Å². The van der Waals surface area contributed by atoms with E-state index in [1.54, 1.807) is 12.1 Å². The fraction of sp³-hybridized carbons (Fsp3) is 0.310. The fourth-order valence-corrected chi connectivity index (χ4v) is 6.67. The summed E-state index contributed by atoms with van der Waals surface area (Å²) < 4.78 is 14.8. The summed E-state index contributed by atoms with van der Waals surface area (Å²) in [6.07, 6.45) is 17.6. The number of likely N-dealkylation sites (N-methyl/N-ethyl adjacent to an activating group) is 1. The minimum absolute atomic E-state index is 0.277. The van der Waals surface area contributed by atoms with Crippen LogP contribution in [-0.4, -0.2) is 47.3 Å². The van der Waals surface area contributed by atoms with Crippen LogP contribution >= 0.6 is 0 Å². The lowest BCUT2D eigenvalue weighted by molar-refractivity contribution is 0.353. The Kier molecular flexibility index (Phi) is 11.9. The number of nitrogens with one attached hydrogen (secondary N) is 4. The lowest BCUT2D eigenvalue weighted by atomic mass is 9.86. The van der Waals surface area contributed by atoms with Crippen molar-refractivity contribution in [1.82, 2.24) is 25.4 Å². The van der Waals surface area contributed by atoms with Crippen molar-refractivity contribution in [2.45, 2.75) is 52.4 Å². The summed E-state index contributed by atoms with van der Waals surface area (Å²) in [6.45, 7) is 18.4. The third-order valence-electron chi connectivity index (χ3n) is 9.25. The van der Waals surface area contributed by atoms with Gasteiger partial charge in [0.2, 0.25) is 0 Å². The largest absolute Gasteiger partial charge is 0.384 e. The van der Waals surface area contributed by atoms with Gasteiger partial charge in [0.1, 0.15) is 11.5 Å². The maximum absolute atomic E-state index is 14.8. The Balaban J connectivity index is 1.44. The first-order chi connectivity index (χ1) is 23.7. The lowest BCUT2D eigenvalue weighted by Gasteiger charge is -2.23. The van der Waals surface area contributed by atoms with Gasteiger partial charge < -0.3 is 20.5 Å². The maximum atomic E-state index is 14.8. The highest BCUT2D eigenvalue weighted by Gasteiger charge is 2.16. The zero-order valence-electron chi connectivity index (χ0n) is 29.6. The maximum Gasteiger partial charge on any atom is 0.125 e. The van der Waals surface area contributed by atoms with Crippen LogP contribution < -0.4 is 21.2 Å². The molecule has 7 heteroatoms. The third kappa shape index (κ3) is 8.98. The number of anilines is 1. The van der Waals surface area contributed by atoms with Crippen molar-refractivity contribution in [2.75, 3.05) is 32.5 Å². The van der Waals surface area contributed by atoms with E-state index in [9.17, 15) is 4.39 Å². The van der Waals surface area contributed by atoms with Crippen molar-refractivity contribution in [3.63, 3.8) is 0 Å². The number of rotatable bonds is 14. The van der Waals surface area contributed by atoms with Crippen molar-refractivity contribution in [2.24, 2.45) is 5.92 Å². The van der Waals surface area contributed by atoms with E-state index in [4.69, 9.17) is 5.10 Å². The zero-order valence-corrected chi connectivity index (χ0v) is 29.6. The standard InChI is InChI=1S/C42H51FN6/c1-8-31(24-34(9-2)45-29(5)22-30-15-12-11-13-16-30)28(4)21-38-39(10-3)47-48-42(38)41-27-37-36(17-14-18-40(37)46-41)32-23-33(43)26-35(25-32)44-19-20-49(6)7/h8-10,14,17-18,21,23-27,30,44-47H,2,4-5,11-13,15-16,19-20,22H2,1,3,6-7H3/b31-8+,34-24+,38-21+,39-10+. The Morgan fingerprint density at radius 1 is 1.08 bits per heavy atom. The van der Waals surface area contributed by atoms with Crippen molar-refractivity contribution in [1.29, 1.82) is 0 Å². The van der Waals surface area contributed by atoms with Gasteiger partial charge in [0.05, 0.1) is 11.0 Å². The molecule has 0 saturated heterocycles. The van der Waals surface area contributed by atoms with Crippen LogP contribution in [-0.2, 0) is 0 Å². The predicted octanol–water partition coefficient (Wildman–Crippen LogP) is 8.56. The normalized spacial score (nSPS) is 15.3. The van der Waals surface area contributed by atoms with Gasteiger partial charge in [-0.2, -0.15) is 5.10 Å². The second kappa shape index (κ2) is 16.5. The Labute approximate surface area is 290 Å². The van der Waals surface area contributed by atoms with Gasteiger partial charge in [-0.3, -0.25) is 5.10 Å². The molecule has 256 valence electrons. The van der Waals surface area contributed by atoms with E-state index in [0.717, 1.165) is 91.7 Å². The fourth-order valence-electron chi connectivity index (χ4n) is 6.67. The van der Waals surface area contributed by atoms with E-state index in [2.05, 4.69) is 69.6 Å². The molecular formula is C42H51FN6. The number of fused-ring (bicyclic) bond motifs is 1. The smallest absolute Gasteiger partial charge is 0.125 e. The molecular weight excluding hydrogens is 608 g/mol. The molecule has 1 fully saturated rings. The van der Waals surface area contributed by atoms with Crippen molar-refractivity contribution in [3.8, 4) is 22.5 Å². The summed E-state index contributed by atoms with van der Waals surface area (Å²) in [7, 11) is 4.04. The molecule has 1 saturated carbocycles. The van der Waals surface area contributed by atoms with Crippen LogP contribution in [0, 0.1) is 11.7 Å². The molecule has 0 atom stereocenters. The molecule has 0 spiro atoms. The lowest BCUT2D eigenvalue weighted by Crippen LogP contribution is -2.23. The van der Waals surface area contributed by atoms with Gasteiger partial charge in [0, 0.05) is 46.3 Å². The first-order valence-electron chi connectivity index (χ1n) is 17.4. The van der Waals surface area contributed by atoms with Gasteiger partial charge in [-0.1, -0.05) is 76.1 Å². The van der Waals surface area contributed by atoms with Gasteiger partial charge in [-0.05, 0) is 111 Å². The molecule has 0 aliphatic heterocycles. The molecule has 4 aromatic rings. The molecule has 1 aliphatic carbocycles. The number of allylic oxidation sites excluding steroid dienone is 6. The summed E-state index contributed by atoms with van der Waals surface area (Å²) >= 11 is 0. The average Bonchev–Trinajstić information content (AvgIpc) is 3.70. The number of aromatic nitrogens is 3. The highest BCUT2D eigenvalue weighted by Crippen LogP contribution is 2.33. The van der Waals surface area contributed by atoms with Gasteiger partial charge in [-0.15, -0.1) is 0 Å². The van der Waals surface area contributed by atoms with Gasteiger partial charge in [-0.25, -0.2) is 4.39 Å². The van der Waals surface area contributed by atoms with Crippen molar-refractivity contribution < 1.29 is 4.39 Å². The number of benzene rings is 2. The summed E-state index contributed by atoms with van der Waals surface area (Å²) in [5.74, 6) is 0.426. The minimum Gasteiger partial charge on any atom is -0.384 e. The molecule has 0 radical (unpaired) electrons. The van der Waals surface area contributed by atoms with E-state index >= 15 is 0 Å². The summed E-state index contributed by atoms with van der Waals surface area (Å²) in [4.78, 5) is 5.66. The van der Waals surface area contributed by atoms with Crippen LogP contribution in [0.25, 0.3) is 45.6 Å². The van der Waals surface area contributed by atoms with E-state index in [-0.39, 0.29) is 5.82 Å². The number of H-pyrrole nitrogens is 2. The molecule has 5 rings (SSSR count). The quantitative estimate of drug-likeness (QED) is 0.103. The highest BCUT2D eigenvalue weighted by atomic mass is 19.1. The Morgan fingerprint density at radius 3 is 2.59 bits per heavy atom. The van der Waals surface area contributed by atoms with Crippen LogP contribution in [0.2, 0.25) is 0 Å². The van der Waals surface area contributed by atoms with Crippen LogP contribution in [0.4, 0.5) is 10.1 Å². The number of halogens is 1. The van der Waals surface area contributed by atoms with Crippen LogP contribution in [0.3, 0.4) is 0 Å². The van der Waals surface area contributed by atoms with E-state index in [1.165, 1.54) is 32.1 Å². The first kappa shape index (κ1) is 35.4. The second-order valence-electron chi connectivity index (χ2n) is 13.3. The number of aromatic amines is 2. The Bertz CT molecular complexity index is 2000. The second-order valence-corrected chi connectivity index (χ2v) is 13.3. The SMILES string of the molecule is C=C/C(=C\C(=C/C)C(=C)/C=c1/c(-c2cc3c(-c4cc(F)cc(NCCN(C)C)c4)cccc3[nH]2)n[nH]/c1=C/C)NC(=C)CC1CCCCC1. The van der Waals surface area contributed by atoms with Gasteiger partial charge in [0.25, 0.3) is 0 Å². The average molecular weight is 659 g/mol. The number of nitrogens with zero attached hydrogens (tertiary/aromatic N) is 2. The third-order valence-corrected chi connectivity index (χ3v) is 9.25. The van der Waals surface area contributed by atoms with Crippen molar-refractivity contribution in [3.05, 3.63) is 119 Å². The Hall–Kier alpha value is -4.88. The zero-order chi connectivity index (χ0) is 34.9. The summed E-state index contributed by atoms with van der Waals surface area (Å²) in [5, 5.41) is 17.6. The monoisotopic (exact) mass is 658 g/mol. The molecule has 49 heavy (non-hydrogen) atoms. The number of hydrogen-bond donors (Lipinski definition) is 4. The molecule has 2 aromatic carbocycles. The van der Waals surface area contributed by atoms with Crippen molar-refractivity contribution >= 4 is 28.7 Å². The molecule has 0 bridgehead atoms. The molecule has 4 N–H and O–H groups in total. The minimum atomic E-state index is -0.277. The molecule has 2 aromatic heterocycles. The first-order valence-corrected chi connectivity index (χ1v) is 17.4.